The molecule has 0 bridgehead atoms. The van der Waals surface area contributed by atoms with Crippen LogP contribution < -0.4 is 11.1 Å². The van der Waals surface area contributed by atoms with Crippen molar-refractivity contribution in [2.45, 2.75) is 25.3 Å². The molecule has 1 fully saturated rings. The van der Waals surface area contributed by atoms with Crippen LogP contribution in [0.4, 0.5) is 5.69 Å². The molecule has 1 atom stereocenters. The van der Waals surface area contributed by atoms with E-state index in [1.54, 1.807) is 0 Å². The Labute approximate surface area is 101 Å². The minimum atomic E-state index is -0.203. The number of hydrogen-bond acceptors (Lipinski definition) is 3. The van der Waals surface area contributed by atoms with E-state index in [4.69, 9.17) is 10.5 Å². The first-order chi connectivity index (χ1) is 8.07. The lowest BCUT2D eigenvalue weighted by Crippen LogP contribution is -2.47. The van der Waals surface area contributed by atoms with Gasteiger partial charge in [0.2, 0.25) is 5.91 Å². The van der Waals surface area contributed by atoms with Gasteiger partial charge in [0.25, 0.3) is 0 Å². The third kappa shape index (κ3) is 3.20. The van der Waals surface area contributed by atoms with Crippen LogP contribution in [0.25, 0.3) is 0 Å². The minimum absolute atomic E-state index is 0.0303. The zero-order valence-corrected chi connectivity index (χ0v) is 10.0. The lowest BCUT2D eigenvalue weighted by atomic mass is 10.0. The van der Waals surface area contributed by atoms with Gasteiger partial charge >= 0.3 is 0 Å². The maximum absolute atomic E-state index is 11.9. The highest BCUT2D eigenvalue weighted by Gasteiger charge is 2.30. The standard InChI is InChI=1S/C13H18N2O2/c1-13(6-7-17-9-13)15-12(16)8-10-2-4-11(14)5-3-10/h2-5H,6-9,14H2,1H3,(H,15,16). The molecule has 3 N–H and O–H groups in total. The highest BCUT2D eigenvalue weighted by molar-refractivity contribution is 5.79. The van der Waals surface area contributed by atoms with E-state index in [0.717, 1.165) is 18.6 Å². The number of hydrogen-bond donors (Lipinski definition) is 2. The summed E-state index contributed by atoms with van der Waals surface area (Å²) in [6.45, 7) is 3.33. The van der Waals surface area contributed by atoms with Gasteiger partial charge in [-0.05, 0) is 31.0 Å². The maximum Gasteiger partial charge on any atom is 0.224 e. The molecule has 2 rings (SSSR count). The maximum atomic E-state index is 11.9. The van der Waals surface area contributed by atoms with Crippen molar-refractivity contribution in [3.63, 3.8) is 0 Å². The quantitative estimate of drug-likeness (QED) is 0.770. The smallest absolute Gasteiger partial charge is 0.224 e. The summed E-state index contributed by atoms with van der Waals surface area (Å²) in [7, 11) is 0. The lowest BCUT2D eigenvalue weighted by Gasteiger charge is -2.23. The number of amides is 1. The number of benzene rings is 1. The Morgan fingerprint density at radius 3 is 2.76 bits per heavy atom. The molecular weight excluding hydrogens is 216 g/mol. The van der Waals surface area contributed by atoms with Crippen LogP contribution in [0.1, 0.15) is 18.9 Å². The van der Waals surface area contributed by atoms with E-state index in [-0.39, 0.29) is 11.4 Å². The number of rotatable bonds is 3. The zero-order valence-electron chi connectivity index (χ0n) is 10.0. The molecule has 4 nitrogen and oxygen atoms in total. The van der Waals surface area contributed by atoms with E-state index >= 15 is 0 Å². The molecule has 0 aliphatic carbocycles. The molecule has 1 aromatic rings. The second-order valence-electron chi connectivity index (χ2n) is 4.83. The normalized spacial score (nSPS) is 23.6. The predicted molar refractivity (Wildman–Crippen MR) is 66.5 cm³/mol. The van der Waals surface area contributed by atoms with Gasteiger partial charge in [-0.2, -0.15) is 0 Å². The van der Waals surface area contributed by atoms with Crippen LogP contribution in [0.2, 0.25) is 0 Å². The number of anilines is 1. The van der Waals surface area contributed by atoms with Crippen molar-refractivity contribution in [3.05, 3.63) is 29.8 Å². The first kappa shape index (κ1) is 11.9. The number of carbonyl (C=O) groups excluding carboxylic acids is 1. The average Bonchev–Trinajstić information content (AvgIpc) is 2.68. The van der Waals surface area contributed by atoms with Gasteiger partial charge in [-0.15, -0.1) is 0 Å². The Kier molecular flexibility index (Phi) is 3.33. The van der Waals surface area contributed by atoms with Crippen molar-refractivity contribution in [3.8, 4) is 0 Å². The van der Waals surface area contributed by atoms with Crippen LogP contribution in [-0.4, -0.2) is 24.7 Å². The Balaban J connectivity index is 1.91. The second-order valence-corrected chi connectivity index (χ2v) is 4.83. The summed E-state index contributed by atoms with van der Waals surface area (Å²) in [6.07, 6.45) is 1.26. The van der Waals surface area contributed by atoms with Crippen LogP contribution in [0, 0.1) is 0 Å². The summed E-state index contributed by atoms with van der Waals surface area (Å²) in [5.41, 5.74) is 7.07. The van der Waals surface area contributed by atoms with Gasteiger partial charge < -0.3 is 15.8 Å². The summed E-state index contributed by atoms with van der Waals surface area (Å²) in [6, 6.07) is 7.37. The number of nitrogens with one attached hydrogen (secondary N) is 1. The molecule has 4 heteroatoms. The number of nitrogens with two attached hydrogens (primary N) is 1. The number of nitrogen functional groups attached to an aromatic ring is 1. The van der Waals surface area contributed by atoms with Gasteiger partial charge in [-0.1, -0.05) is 12.1 Å². The molecular formula is C13H18N2O2. The summed E-state index contributed by atoms with van der Waals surface area (Å²) < 4.78 is 5.30. The van der Waals surface area contributed by atoms with E-state index in [2.05, 4.69) is 5.32 Å². The van der Waals surface area contributed by atoms with Gasteiger partial charge in [0.05, 0.1) is 18.6 Å². The van der Waals surface area contributed by atoms with Gasteiger partial charge in [0, 0.05) is 12.3 Å². The van der Waals surface area contributed by atoms with Crippen LogP contribution in [-0.2, 0) is 16.0 Å². The molecule has 1 aliphatic rings. The minimum Gasteiger partial charge on any atom is -0.399 e. The van der Waals surface area contributed by atoms with Crippen molar-refractivity contribution in [1.82, 2.24) is 5.32 Å². The monoisotopic (exact) mass is 234 g/mol. The third-order valence-corrected chi connectivity index (χ3v) is 3.00. The Morgan fingerprint density at radius 2 is 2.18 bits per heavy atom. The molecule has 1 aromatic carbocycles. The van der Waals surface area contributed by atoms with Crippen LogP contribution in [0.3, 0.4) is 0 Å². The molecule has 0 spiro atoms. The molecule has 0 aromatic heterocycles. The Bertz CT molecular complexity index is 394. The second kappa shape index (κ2) is 4.75. The molecule has 0 saturated carbocycles. The first-order valence-electron chi connectivity index (χ1n) is 5.81. The molecule has 92 valence electrons. The fourth-order valence-electron chi connectivity index (χ4n) is 1.97. The van der Waals surface area contributed by atoms with Crippen molar-refractivity contribution >= 4 is 11.6 Å². The predicted octanol–water partition coefficient (Wildman–Crippen LogP) is 1.11. The van der Waals surface area contributed by atoms with E-state index in [1.807, 2.05) is 31.2 Å². The summed E-state index contributed by atoms with van der Waals surface area (Å²) in [4.78, 5) is 11.9. The van der Waals surface area contributed by atoms with Crippen molar-refractivity contribution in [2.75, 3.05) is 18.9 Å². The van der Waals surface area contributed by atoms with E-state index in [1.165, 1.54) is 0 Å². The molecule has 1 aliphatic heterocycles. The average molecular weight is 234 g/mol. The van der Waals surface area contributed by atoms with Crippen LogP contribution in [0.15, 0.2) is 24.3 Å². The van der Waals surface area contributed by atoms with Gasteiger partial charge in [-0.3, -0.25) is 4.79 Å². The van der Waals surface area contributed by atoms with Crippen LogP contribution in [0.5, 0.6) is 0 Å². The first-order valence-corrected chi connectivity index (χ1v) is 5.81. The Morgan fingerprint density at radius 1 is 1.47 bits per heavy atom. The zero-order chi connectivity index (χ0) is 12.3. The van der Waals surface area contributed by atoms with Crippen molar-refractivity contribution in [1.29, 1.82) is 0 Å². The van der Waals surface area contributed by atoms with Gasteiger partial charge in [0.1, 0.15) is 0 Å². The van der Waals surface area contributed by atoms with Gasteiger partial charge in [0.15, 0.2) is 0 Å². The van der Waals surface area contributed by atoms with E-state index in [9.17, 15) is 4.79 Å². The topological polar surface area (TPSA) is 64.4 Å². The van der Waals surface area contributed by atoms with E-state index < -0.39 is 0 Å². The van der Waals surface area contributed by atoms with E-state index in [0.29, 0.717) is 18.7 Å². The molecule has 17 heavy (non-hydrogen) atoms. The van der Waals surface area contributed by atoms with Crippen molar-refractivity contribution in [2.24, 2.45) is 0 Å². The van der Waals surface area contributed by atoms with Gasteiger partial charge in [-0.25, -0.2) is 0 Å². The lowest BCUT2D eigenvalue weighted by molar-refractivity contribution is -0.122. The molecule has 1 unspecified atom stereocenters. The molecule has 1 saturated heterocycles. The molecule has 1 amide bonds. The number of carbonyl (C=O) groups is 1. The summed E-state index contributed by atoms with van der Waals surface area (Å²) in [5, 5.41) is 3.02. The highest BCUT2D eigenvalue weighted by atomic mass is 16.5. The fourth-order valence-corrected chi connectivity index (χ4v) is 1.97. The molecule has 1 heterocycles. The Hall–Kier alpha value is -1.55. The third-order valence-electron chi connectivity index (χ3n) is 3.00. The largest absolute Gasteiger partial charge is 0.399 e. The summed E-state index contributed by atoms with van der Waals surface area (Å²) in [5.74, 6) is 0.0303. The SMILES string of the molecule is CC1(NC(=O)Cc2ccc(N)cc2)CCOC1. The summed E-state index contributed by atoms with van der Waals surface area (Å²) >= 11 is 0. The number of ether oxygens (including phenoxy) is 1. The molecule has 0 radical (unpaired) electrons. The highest BCUT2D eigenvalue weighted by Crippen LogP contribution is 2.17. The van der Waals surface area contributed by atoms with Crippen LogP contribution >= 0.6 is 0 Å². The fraction of sp³-hybridized carbons (Fsp3) is 0.462. The van der Waals surface area contributed by atoms with Crippen molar-refractivity contribution < 1.29 is 9.53 Å².